The summed E-state index contributed by atoms with van der Waals surface area (Å²) in [5, 5.41) is 23.5. The maximum atomic E-state index is 12.2. The van der Waals surface area contributed by atoms with Gasteiger partial charge in [-0.3, -0.25) is 4.79 Å². The fourth-order valence-corrected chi connectivity index (χ4v) is 2.61. The van der Waals surface area contributed by atoms with Crippen LogP contribution in [-0.4, -0.2) is 45.3 Å². The molecule has 2 atom stereocenters. The highest BCUT2D eigenvalue weighted by molar-refractivity contribution is 7.80. The Bertz CT molecular complexity index is 739. The van der Waals surface area contributed by atoms with Crippen LogP contribution in [-0.2, 0) is 9.59 Å². The monoisotopic (exact) mass is 362 g/mol. The summed E-state index contributed by atoms with van der Waals surface area (Å²) in [6.07, 6.45) is 10.6. The van der Waals surface area contributed by atoms with Crippen LogP contribution >= 0.6 is 12.6 Å². The molecule has 2 aliphatic carbocycles. The number of thiol groups is 1. The molecule has 2 rings (SSSR count). The standard InChI is InChI=1S/C18H22N2O4S/c1-18(2,3)20(24)9-11-6-12-4-5-13(8-14(12)7-11)16(21)19-15(10-25)17(22)23/h4-9,12,15,25H,10H2,1-3H3,(H,19,21)(H,22,23)/b20-9-. The number of rotatable bonds is 5. The van der Waals surface area contributed by atoms with Gasteiger partial charge in [-0.2, -0.15) is 12.6 Å². The Morgan fingerprint density at radius 1 is 1.44 bits per heavy atom. The molecule has 1 amide bonds. The summed E-state index contributed by atoms with van der Waals surface area (Å²) in [5.74, 6) is -1.57. The molecule has 0 saturated heterocycles. The third kappa shape index (κ3) is 4.63. The van der Waals surface area contributed by atoms with Gasteiger partial charge in [-0.05, 0) is 17.7 Å². The smallest absolute Gasteiger partial charge is 0.327 e. The van der Waals surface area contributed by atoms with E-state index < -0.39 is 23.5 Å². The topological polar surface area (TPSA) is 92.5 Å². The van der Waals surface area contributed by atoms with Crippen molar-refractivity contribution in [3.63, 3.8) is 0 Å². The lowest BCUT2D eigenvalue weighted by Gasteiger charge is -2.18. The van der Waals surface area contributed by atoms with E-state index in [-0.39, 0.29) is 11.7 Å². The molecule has 7 heteroatoms. The van der Waals surface area contributed by atoms with E-state index in [4.69, 9.17) is 5.11 Å². The number of hydroxylamine groups is 1. The number of carboxylic acid groups (broad SMARTS) is 1. The quantitative estimate of drug-likeness (QED) is 0.229. The molecule has 2 N–H and O–H groups in total. The van der Waals surface area contributed by atoms with Gasteiger partial charge in [-0.25, -0.2) is 9.53 Å². The number of nitrogens with zero attached hydrogens (tertiary/aromatic N) is 1. The zero-order valence-electron chi connectivity index (χ0n) is 14.4. The number of amides is 1. The van der Waals surface area contributed by atoms with Gasteiger partial charge in [-0.15, -0.1) is 0 Å². The van der Waals surface area contributed by atoms with E-state index in [2.05, 4.69) is 17.9 Å². The predicted octanol–water partition coefficient (Wildman–Crippen LogP) is 1.84. The molecular formula is C18H22N2O4S. The number of fused-ring (bicyclic) bond motifs is 1. The maximum absolute atomic E-state index is 12.2. The number of allylic oxidation sites excluding steroid dienone is 6. The van der Waals surface area contributed by atoms with E-state index in [0.717, 1.165) is 15.9 Å². The summed E-state index contributed by atoms with van der Waals surface area (Å²) in [6, 6.07) is -1.04. The number of carbonyl (C=O) groups excluding carboxylic acids is 1. The second-order valence-corrected chi connectivity index (χ2v) is 7.33. The molecular weight excluding hydrogens is 340 g/mol. The predicted molar refractivity (Wildman–Crippen MR) is 99.7 cm³/mol. The van der Waals surface area contributed by atoms with Crippen molar-refractivity contribution in [2.24, 2.45) is 5.92 Å². The molecule has 0 aromatic rings. The molecule has 25 heavy (non-hydrogen) atoms. The van der Waals surface area contributed by atoms with Crippen LogP contribution in [0.25, 0.3) is 0 Å². The van der Waals surface area contributed by atoms with Gasteiger partial charge >= 0.3 is 5.97 Å². The highest BCUT2D eigenvalue weighted by atomic mass is 32.1. The van der Waals surface area contributed by atoms with Crippen LogP contribution in [0, 0.1) is 11.1 Å². The van der Waals surface area contributed by atoms with Crippen molar-refractivity contribution >= 4 is 30.7 Å². The molecule has 0 aromatic carbocycles. The number of hydrogen-bond donors (Lipinski definition) is 3. The van der Waals surface area contributed by atoms with Crippen LogP contribution in [0.4, 0.5) is 0 Å². The zero-order chi connectivity index (χ0) is 18.8. The summed E-state index contributed by atoms with van der Waals surface area (Å²) in [6.45, 7) is 5.48. The van der Waals surface area contributed by atoms with Crippen LogP contribution < -0.4 is 5.32 Å². The van der Waals surface area contributed by atoms with Crippen molar-refractivity contribution in [2.45, 2.75) is 32.4 Å². The van der Waals surface area contributed by atoms with E-state index in [1.807, 2.05) is 39.0 Å². The first-order valence-electron chi connectivity index (χ1n) is 7.91. The SMILES string of the molecule is CC(C)(C)/[N+]([O-])=C/C1=CC2C=CC(C(=O)NC(CS)C(=O)O)=CC2=C1. The van der Waals surface area contributed by atoms with Gasteiger partial charge < -0.3 is 15.6 Å². The minimum Gasteiger partial charge on any atom is -0.623 e. The Balaban J connectivity index is 2.16. The van der Waals surface area contributed by atoms with Crippen molar-refractivity contribution < 1.29 is 19.4 Å². The summed E-state index contributed by atoms with van der Waals surface area (Å²) in [4.78, 5) is 23.2. The molecule has 2 aliphatic rings. The molecule has 0 spiro atoms. The Hall–Kier alpha value is -2.28. The lowest BCUT2D eigenvalue weighted by molar-refractivity contribution is -0.530. The molecule has 0 fully saturated rings. The van der Waals surface area contributed by atoms with E-state index >= 15 is 0 Å². The maximum Gasteiger partial charge on any atom is 0.327 e. The van der Waals surface area contributed by atoms with Crippen molar-refractivity contribution in [3.8, 4) is 0 Å². The van der Waals surface area contributed by atoms with Gasteiger partial charge in [0.2, 0.25) is 0 Å². The Morgan fingerprint density at radius 3 is 2.68 bits per heavy atom. The Labute approximate surface area is 152 Å². The van der Waals surface area contributed by atoms with Crippen molar-refractivity contribution in [3.05, 3.63) is 52.3 Å². The van der Waals surface area contributed by atoms with Crippen molar-refractivity contribution in [1.82, 2.24) is 5.32 Å². The van der Waals surface area contributed by atoms with Crippen LogP contribution in [0.1, 0.15) is 20.8 Å². The lowest BCUT2D eigenvalue weighted by Crippen LogP contribution is -2.42. The minimum absolute atomic E-state index is 0.0101. The minimum atomic E-state index is -1.13. The van der Waals surface area contributed by atoms with Gasteiger partial charge in [0, 0.05) is 43.6 Å². The van der Waals surface area contributed by atoms with Crippen molar-refractivity contribution in [1.29, 1.82) is 0 Å². The fourth-order valence-electron chi connectivity index (χ4n) is 2.36. The normalized spacial score (nSPS) is 21.0. The lowest BCUT2D eigenvalue weighted by atomic mass is 9.93. The van der Waals surface area contributed by atoms with Gasteiger partial charge in [0.1, 0.15) is 6.04 Å². The summed E-state index contributed by atoms with van der Waals surface area (Å²) in [5.41, 5.74) is 1.52. The van der Waals surface area contributed by atoms with Crippen LogP contribution in [0.2, 0.25) is 0 Å². The molecule has 0 saturated carbocycles. The number of hydrogen-bond acceptors (Lipinski definition) is 4. The molecule has 0 heterocycles. The molecule has 134 valence electrons. The summed E-state index contributed by atoms with van der Waals surface area (Å²) in [7, 11) is 0. The van der Waals surface area contributed by atoms with E-state index in [1.54, 1.807) is 12.2 Å². The third-order valence-electron chi connectivity index (χ3n) is 3.87. The molecule has 0 bridgehead atoms. The zero-order valence-corrected chi connectivity index (χ0v) is 15.3. The largest absolute Gasteiger partial charge is 0.623 e. The van der Waals surface area contributed by atoms with Crippen LogP contribution in [0.15, 0.2) is 47.1 Å². The highest BCUT2D eigenvalue weighted by Crippen LogP contribution is 2.30. The van der Waals surface area contributed by atoms with Gasteiger partial charge in [-0.1, -0.05) is 18.2 Å². The average molecular weight is 362 g/mol. The van der Waals surface area contributed by atoms with E-state index in [0.29, 0.717) is 5.57 Å². The first kappa shape index (κ1) is 19.1. The molecule has 0 aromatic heterocycles. The number of aliphatic carboxylic acids is 1. The number of carbonyl (C=O) groups is 2. The molecule has 6 nitrogen and oxygen atoms in total. The second-order valence-electron chi connectivity index (χ2n) is 6.97. The summed E-state index contributed by atoms with van der Waals surface area (Å²) < 4.78 is 0.901. The fraction of sp³-hybridized carbons (Fsp3) is 0.389. The van der Waals surface area contributed by atoms with Crippen molar-refractivity contribution in [2.75, 3.05) is 5.75 Å². The average Bonchev–Trinajstić information content (AvgIpc) is 2.92. The molecule has 0 aliphatic heterocycles. The first-order valence-corrected chi connectivity index (χ1v) is 8.54. The van der Waals surface area contributed by atoms with Gasteiger partial charge in [0.25, 0.3) is 5.91 Å². The second kappa shape index (κ2) is 7.31. The first-order chi connectivity index (χ1) is 11.6. The number of nitrogens with one attached hydrogen (secondary N) is 1. The Kier molecular flexibility index (Phi) is 5.57. The number of carboxylic acids is 1. The van der Waals surface area contributed by atoms with Crippen LogP contribution in [0.3, 0.4) is 0 Å². The van der Waals surface area contributed by atoms with E-state index in [9.17, 15) is 14.8 Å². The summed E-state index contributed by atoms with van der Waals surface area (Å²) >= 11 is 3.93. The van der Waals surface area contributed by atoms with Gasteiger partial charge in [0.15, 0.2) is 11.8 Å². The molecule has 2 unspecified atom stereocenters. The van der Waals surface area contributed by atoms with E-state index in [1.165, 1.54) is 6.21 Å². The van der Waals surface area contributed by atoms with Gasteiger partial charge in [0.05, 0.1) is 0 Å². The van der Waals surface area contributed by atoms with Crippen LogP contribution in [0.5, 0.6) is 0 Å². The highest BCUT2D eigenvalue weighted by Gasteiger charge is 2.25. The molecule has 0 radical (unpaired) electrons. The third-order valence-corrected chi connectivity index (χ3v) is 4.24. The Morgan fingerprint density at radius 2 is 2.12 bits per heavy atom.